The first-order valence-electron chi connectivity index (χ1n) is 7.52. The Kier molecular flexibility index (Phi) is 4.65. The molecule has 1 N–H and O–H groups in total. The fourth-order valence-electron chi connectivity index (χ4n) is 3.35. The van der Waals surface area contributed by atoms with Gasteiger partial charge in [-0.2, -0.15) is 0 Å². The molecule has 1 aromatic carbocycles. The van der Waals surface area contributed by atoms with E-state index in [9.17, 15) is 0 Å². The lowest BCUT2D eigenvalue weighted by Crippen LogP contribution is -2.47. The predicted molar refractivity (Wildman–Crippen MR) is 86.2 cm³/mol. The Morgan fingerprint density at radius 3 is 2.65 bits per heavy atom. The molecule has 20 heavy (non-hydrogen) atoms. The van der Waals surface area contributed by atoms with Crippen molar-refractivity contribution in [3.8, 4) is 0 Å². The standard InChI is InChI=1S/C16H22N2OS/c20-16(17-13-5-2-1-3-6-13)14-7-4-8-15(14)18-9-11-19-12-10-18/h1-3,5-6,14-15H,4,7-12H2,(H,17,20)/t14-,15+/m1/s1. The first-order valence-corrected chi connectivity index (χ1v) is 7.93. The number of hydrogen-bond donors (Lipinski definition) is 1. The largest absolute Gasteiger partial charge is 0.379 e. The van der Waals surface area contributed by atoms with E-state index in [2.05, 4.69) is 22.3 Å². The molecule has 1 aromatic rings. The van der Waals surface area contributed by atoms with Crippen LogP contribution in [0.5, 0.6) is 0 Å². The lowest BCUT2D eigenvalue weighted by atomic mass is 10.0. The number of nitrogens with zero attached hydrogens (tertiary/aromatic N) is 1. The van der Waals surface area contributed by atoms with Gasteiger partial charge in [-0.1, -0.05) is 36.8 Å². The highest BCUT2D eigenvalue weighted by Crippen LogP contribution is 2.32. The molecule has 0 amide bonds. The van der Waals surface area contributed by atoms with Gasteiger partial charge in [0.2, 0.25) is 0 Å². The fourth-order valence-corrected chi connectivity index (χ4v) is 3.74. The highest BCUT2D eigenvalue weighted by Gasteiger charge is 2.35. The van der Waals surface area contributed by atoms with Crippen molar-refractivity contribution < 1.29 is 4.74 Å². The molecule has 2 aliphatic rings. The van der Waals surface area contributed by atoms with Crippen LogP contribution < -0.4 is 5.32 Å². The van der Waals surface area contributed by atoms with E-state index >= 15 is 0 Å². The van der Waals surface area contributed by atoms with Crippen molar-refractivity contribution in [1.29, 1.82) is 0 Å². The van der Waals surface area contributed by atoms with Crippen molar-refractivity contribution in [1.82, 2.24) is 4.90 Å². The molecule has 0 bridgehead atoms. The second kappa shape index (κ2) is 6.66. The van der Waals surface area contributed by atoms with Crippen molar-refractivity contribution in [2.24, 2.45) is 5.92 Å². The molecule has 1 saturated heterocycles. The van der Waals surface area contributed by atoms with E-state index in [1.54, 1.807) is 0 Å². The summed E-state index contributed by atoms with van der Waals surface area (Å²) in [5.41, 5.74) is 1.10. The number of para-hydroxylation sites is 1. The molecule has 108 valence electrons. The van der Waals surface area contributed by atoms with Crippen molar-refractivity contribution in [3.05, 3.63) is 30.3 Å². The minimum atomic E-state index is 0.489. The number of morpholine rings is 1. The molecule has 2 atom stereocenters. The van der Waals surface area contributed by atoms with E-state index in [1.807, 2.05) is 18.2 Å². The first kappa shape index (κ1) is 14.0. The number of hydrogen-bond acceptors (Lipinski definition) is 3. The van der Waals surface area contributed by atoms with Crippen molar-refractivity contribution >= 4 is 22.9 Å². The number of ether oxygens (including phenoxy) is 1. The van der Waals surface area contributed by atoms with Crippen LogP contribution in [-0.4, -0.2) is 42.2 Å². The van der Waals surface area contributed by atoms with Gasteiger partial charge in [-0.05, 0) is 25.0 Å². The Morgan fingerprint density at radius 2 is 1.90 bits per heavy atom. The number of nitrogens with one attached hydrogen (secondary N) is 1. The Labute approximate surface area is 126 Å². The zero-order valence-electron chi connectivity index (χ0n) is 11.8. The molecule has 0 unspecified atom stereocenters. The maximum atomic E-state index is 5.67. The summed E-state index contributed by atoms with van der Waals surface area (Å²) in [4.78, 5) is 3.57. The third-order valence-electron chi connectivity index (χ3n) is 4.37. The van der Waals surface area contributed by atoms with Gasteiger partial charge < -0.3 is 10.1 Å². The van der Waals surface area contributed by atoms with Crippen LogP contribution in [0.15, 0.2) is 30.3 Å². The van der Waals surface area contributed by atoms with Gasteiger partial charge in [-0.25, -0.2) is 0 Å². The number of anilines is 1. The van der Waals surface area contributed by atoms with Gasteiger partial charge in [0.1, 0.15) is 0 Å². The maximum Gasteiger partial charge on any atom is 0.0844 e. The molecular weight excluding hydrogens is 268 g/mol. The van der Waals surface area contributed by atoms with Crippen LogP contribution in [-0.2, 0) is 4.74 Å². The Balaban J connectivity index is 1.64. The molecule has 1 aliphatic heterocycles. The summed E-state index contributed by atoms with van der Waals surface area (Å²) in [6.07, 6.45) is 3.76. The van der Waals surface area contributed by atoms with Crippen LogP contribution in [0.4, 0.5) is 5.69 Å². The van der Waals surface area contributed by atoms with Gasteiger partial charge in [0.05, 0.1) is 18.2 Å². The highest BCUT2D eigenvalue weighted by molar-refractivity contribution is 7.80. The average Bonchev–Trinajstić information content (AvgIpc) is 2.99. The molecule has 0 spiro atoms. The summed E-state index contributed by atoms with van der Waals surface area (Å²) in [7, 11) is 0. The lowest BCUT2D eigenvalue weighted by Gasteiger charge is -2.35. The van der Waals surface area contributed by atoms with Crippen LogP contribution in [0, 0.1) is 5.92 Å². The minimum absolute atomic E-state index is 0.489. The lowest BCUT2D eigenvalue weighted by molar-refractivity contribution is 0.0137. The van der Waals surface area contributed by atoms with E-state index < -0.39 is 0 Å². The van der Waals surface area contributed by atoms with Gasteiger partial charge >= 0.3 is 0 Å². The summed E-state index contributed by atoms with van der Waals surface area (Å²) < 4.78 is 5.46. The van der Waals surface area contributed by atoms with Gasteiger partial charge in [0, 0.05) is 30.7 Å². The van der Waals surface area contributed by atoms with E-state index in [1.165, 1.54) is 19.3 Å². The predicted octanol–water partition coefficient (Wildman–Crippen LogP) is 2.93. The maximum absolute atomic E-state index is 5.67. The zero-order valence-corrected chi connectivity index (χ0v) is 12.6. The molecule has 0 aromatic heterocycles. The molecular formula is C16H22N2OS. The Morgan fingerprint density at radius 1 is 1.15 bits per heavy atom. The normalized spacial score (nSPS) is 27.4. The zero-order chi connectivity index (χ0) is 13.8. The van der Waals surface area contributed by atoms with Crippen molar-refractivity contribution in [2.45, 2.75) is 25.3 Å². The third kappa shape index (κ3) is 3.19. The first-order chi connectivity index (χ1) is 9.84. The summed E-state index contributed by atoms with van der Waals surface area (Å²) in [6, 6.07) is 10.9. The van der Waals surface area contributed by atoms with Gasteiger partial charge in [-0.15, -0.1) is 0 Å². The van der Waals surface area contributed by atoms with Crippen molar-refractivity contribution in [2.75, 3.05) is 31.6 Å². The van der Waals surface area contributed by atoms with Crippen molar-refractivity contribution in [3.63, 3.8) is 0 Å². The average molecular weight is 290 g/mol. The highest BCUT2D eigenvalue weighted by atomic mass is 32.1. The number of thiocarbonyl (C=S) groups is 1. The van der Waals surface area contributed by atoms with Crippen LogP contribution in [0.1, 0.15) is 19.3 Å². The molecule has 3 rings (SSSR count). The Hall–Kier alpha value is -0.970. The van der Waals surface area contributed by atoms with E-state index in [0.717, 1.165) is 37.0 Å². The van der Waals surface area contributed by atoms with Crippen LogP contribution in [0.3, 0.4) is 0 Å². The third-order valence-corrected chi connectivity index (χ3v) is 4.78. The summed E-state index contributed by atoms with van der Waals surface area (Å²) in [6.45, 7) is 3.83. The van der Waals surface area contributed by atoms with Crippen LogP contribution >= 0.6 is 12.2 Å². The van der Waals surface area contributed by atoms with Gasteiger partial charge in [0.15, 0.2) is 0 Å². The van der Waals surface area contributed by atoms with E-state index in [0.29, 0.717) is 12.0 Å². The van der Waals surface area contributed by atoms with E-state index in [4.69, 9.17) is 17.0 Å². The molecule has 1 saturated carbocycles. The molecule has 1 heterocycles. The molecule has 1 aliphatic carbocycles. The minimum Gasteiger partial charge on any atom is -0.379 e. The van der Waals surface area contributed by atoms with Gasteiger partial charge in [0.25, 0.3) is 0 Å². The number of rotatable bonds is 3. The van der Waals surface area contributed by atoms with E-state index in [-0.39, 0.29) is 0 Å². The smallest absolute Gasteiger partial charge is 0.0844 e. The van der Waals surface area contributed by atoms with Crippen LogP contribution in [0.2, 0.25) is 0 Å². The summed E-state index contributed by atoms with van der Waals surface area (Å²) in [5, 5.41) is 3.43. The second-order valence-corrected chi connectivity index (χ2v) is 6.05. The Bertz CT molecular complexity index is 445. The summed E-state index contributed by atoms with van der Waals surface area (Å²) >= 11 is 5.67. The molecule has 2 fully saturated rings. The number of benzene rings is 1. The summed E-state index contributed by atoms with van der Waals surface area (Å²) in [5.74, 6) is 0.489. The molecule has 3 nitrogen and oxygen atoms in total. The molecule has 4 heteroatoms. The molecule has 0 radical (unpaired) electrons. The monoisotopic (exact) mass is 290 g/mol. The SMILES string of the molecule is S=C(Nc1ccccc1)[C@@H]1CCC[C@@H]1N1CCOCC1. The fraction of sp³-hybridized carbons (Fsp3) is 0.562. The van der Waals surface area contributed by atoms with Crippen LogP contribution in [0.25, 0.3) is 0 Å². The topological polar surface area (TPSA) is 24.5 Å². The quantitative estimate of drug-likeness (QED) is 0.865. The van der Waals surface area contributed by atoms with Gasteiger partial charge in [-0.3, -0.25) is 4.90 Å². The second-order valence-electron chi connectivity index (χ2n) is 5.61.